The van der Waals surface area contributed by atoms with Crippen LogP contribution >= 0.6 is 11.3 Å². The monoisotopic (exact) mass is 360 g/mol. The highest BCUT2D eigenvalue weighted by Crippen LogP contribution is 2.28. The van der Waals surface area contributed by atoms with Crippen LogP contribution < -0.4 is 5.32 Å². The molecule has 0 spiro atoms. The van der Waals surface area contributed by atoms with Crippen LogP contribution in [0, 0.1) is 6.92 Å². The van der Waals surface area contributed by atoms with E-state index in [9.17, 15) is 0 Å². The van der Waals surface area contributed by atoms with E-state index in [1.54, 1.807) is 29.3 Å². The highest BCUT2D eigenvalue weighted by atomic mass is 32.1. The molecular weight excluding hydrogens is 336 g/mol. The van der Waals surface area contributed by atoms with Crippen molar-refractivity contribution < 1.29 is 4.74 Å². The summed E-state index contributed by atoms with van der Waals surface area (Å²) in [5.41, 5.74) is 2.12. The Kier molecular flexibility index (Phi) is 5.31. The lowest BCUT2D eigenvalue weighted by atomic mass is 10.1. The molecule has 3 rings (SSSR count). The van der Waals surface area contributed by atoms with E-state index in [0.717, 1.165) is 23.4 Å². The minimum Gasteiger partial charge on any atom is -0.377 e. The number of aromatic nitrogens is 4. The summed E-state index contributed by atoms with van der Waals surface area (Å²) in [7, 11) is 7.72. The second-order valence-electron chi connectivity index (χ2n) is 6.26. The van der Waals surface area contributed by atoms with Crippen LogP contribution in [0.3, 0.4) is 0 Å². The fraction of sp³-hybridized carbons (Fsp3) is 0.471. The van der Waals surface area contributed by atoms with E-state index in [1.165, 1.54) is 10.4 Å². The molecule has 8 heteroatoms. The minimum absolute atomic E-state index is 0.271. The van der Waals surface area contributed by atoms with Crippen molar-refractivity contribution >= 4 is 28.2 Å². The Balaban J connectivity index is 1.90. The number of aryl methyl sites for hydroxylation is 2. The maximum atomic E-state index is 5.20. The summed E-state index contributed by atoms with van der Waals surface area (Å²) < 4.78 is 6.96. The number of methoxy groups -OCH3 is 1. The van der Waals surface area contributed by atoms with E-state index in [4.69, 9.17) is 4.74 Å². The smallest absolute Gasteiger partial charge is 0.163 e. The van der Waals surface area contributed by atoms with Crippen LogP contribution in [0.25, 0.3) is 11.0 Å². The Hall–Kier alpha value is -2.03. The van der Waals surface area contributed by atoms with Crippen LogP contribution in [0.5, 0.6) is 0 Å². The number of ether oxygens (including phenoxy) is 1. The number of hydrogen-bond donors (Lipinski definition) is 1. The largest absolute Gasteiger partial charge is 0.377 e. The second kappa shape index (κ2) is 7.47. The summed E-state index contributed by atoms with van der Waals surface area (Å²) in [4.78, 5) is 12.7. The molecule has 0 fully saturated rings. The molecule has 3 heterocycles. The molecule has 134 valence electrons. The third kappa shape index (κ3) is 3.65. The third-order valence-electron chi connectivity index (χ3n) is 4.20. The second-order valence-corrected chi connectivity index (χ2v) is 7.20. The van der Waals surface area contributed by atoms with E-state index in [2.05, 4.69) is 57.7 Å². The van der Waals surface area contributed by atoms with Crippen molar-refractivity contribution in [3.05, 3.63) is 33.9 Å². The van der Waals surface area contributed by atoms with Crippen molar-refractivity contribution in [2.75, 3.05) is 33.1 Å². The molecule has 0 aromatic carbocycles. The van der Waals surface area contributed by atoms with Gasteiger partial charge in [-0.2, -0.15) is 5.10 Å². The van der Waals surface area contributed by atoms with Gasteiger partial charge in [0.1, 0.15) is 12.4 Å². The Morgan fingerprint density at radius 2 is 2.16 bits per heavy atom. The summed E-state index contributed by atoms with van der Waals surface area (Å²) in [6, 6.07) is 2.43. The van der Waals surface area contributed by atoms with E-state index in [-0.39, 0.29) is 6.04 Å². The fourth-order valence-electron chi connectivity index (χ4n) is 2.82. The number of thiophene rings is 1. The molecule has 0 amide bonds. The third-order valence-corrected chi connectivity index (χ3v) is 5.32. The lowest BCUT2D eigenvalue weighted by Crippen LogP contribution is -2.27. The molecule has 1 atom stereocenters. The van der Waals surface area contributed by atoms with Crippen LogP contribution in [0.4, 0.5) is 5.82 Å². The molecule has 0 aliphatic carbocycles. The fourth-order valence-corrected chi connectivity index (χ4v) is 3.95. The summed E-state index contributed by atoms with van der Waals surface area (Å²) in [6.45, 7) is 3.28. The Morgan fingerprint density at radius 3 is 2.80 bits per heavy atom. The number of nitrogens with zero attached hydrogens (tertiary/aromatic N) is 5. The first kappa shape index (κ1) is 17.8. The Labute approximate surface area is 151 Å². The molecule has 25 heavy (non-hydrogen) atoms. The molecule has 0 aliphatic rings. The van der Waals surface area contributed by atoms with Crippen molar-refractivity contribution in [1.29, 1.82) is 0 Å². The first-order chi connectivity index (χ1) is 12.0. The molecule has 0 saturated heterocycles. The van der Waals surface area contributed by atoms with Gasteiger partial charge in [0.2, 0.25) is 0 Å². The van der Waals surface area contributed by atoms with Crippen molar-refractivity contribution in [1.82, 2.24) is 24.6 Å². The highest BCUT2D eigenvalue weighted by molar-refractivity contribution is 7.10. The number of likely N-dealkylation sites (N-methyl/N-ethyl adjacent to an activating group) is 1. The zero-order chi connectivity index (χ0) is 18.0. The van der Waals surface area contributed by atoms with E-state index in [0.29, 0.717) is 12.4 Å². The van der Waals surface area contributed by atoms with Crippen molar-refractivity contribution in [3.63, 3.8) is 0 Å². The average Bonchev–Trinajstić information content (AvgIpc) is 3.15. The number of rotatable bonds is 7. The quantitative estimate of drug-likeness (QED) is 0.698. The standard InChI is InChI=1S/C17H24N6OS/c1-11-6-7-25-15(11)13(22(2)3)9-18-16-12-8-19-23(4)17(12)21-14(20-16)10-24-5/h6-8,13H,9-10H2,1-5H3,(H,18,20,21)/t13-/m1/s1. The van der Waals surface area contributed by atoms with Gasteiger partial charge in [-0.3, -0.25) is 4.68 Å². The molecule has 1 N–H and O–H groups in total. The van der Waals surface area contributed by atoms with E-state index >= 15 is 0 Å². The highest BCUT2D eigenvalue weighted by Gasteiger charge is 2.19. The Bertz CT molecular complexity index is 856. The van der Waals surface area contributed by atoms with Gasteiger partial charge < -0.3 is 15.0 Å². The predicted octanol–water partition coefficient (Wildman–Crippen LogP) is 2.59. The van der Waals surface area contributed by atoms with E-state index in [1.807, 2.05) is 7.05 Å². The van der Waals surface area contributed by atoms with Gasteiger partial charge in [0.25, 0.3) is 0 Å². The van der Waals surface area contributed by atoms with Gasteiger partial charge in [0.05, 0.1) is 17.6 Å². The lowest BCUT2D eigenvalue weighted by Gasteiger charge is -2.25. The number of anilines is 1. The number of hydrogen-bond acceptors (Lipinski definition) is 7. The summed E-state index contributed by atoms with van der Waals surface area (Å²) in [5, 5.41) is 10.9. The van der Waals surface area contributed by atoms with Crippen LogP contribution in [-0.4, -0.2) is 52.4 Å². The molecule has 0 saturated carbocycles. The first-order valence-electron chi connectivity index (χ1n) is 8.13. The summed E-state index contributed by atoms with van der Waals surface area (Å²) >= 11 is 1.79. The van der Waals surface area contributed by atoms with Gasteiger partial charge in [-0.1, -0.05) is 0 Å². The lowest BCUT2D eigenvalue weighted by molar-refractivity contribution is 0.178. The van der Waals surface area contributed by atoms with Gasteiger partial charge in [-0.05, 0) is 38.0 Å². The maximum Gasteiger partial charge on any atom is 0.163 e. The topological polar surface area (TPSA) is 68.1 Å². The SMILES string of the molecule is COCc1nc(NC[C@H](c2sccc2C)N(C)C)c2cnn(C)c2n1. The summed E-state index contributed by atoms with van der Waals surface area (Å²) in [6.07, 6.45) is 1.80. The molecular formula is C17H24N6OS. The molecule has 0 bridgehead atoms. The zero-order valence-corrected chi connectivity index (χ0v) is 16.1. The summed E-state index contributed by atoms with van der Waals surface area (Å²) in [5.74, 6) is 1.45. The molecule has 3 aromatic rings. The molecule has 0 aliphatic heterocycles. The first-order valence-corrected chi connectivity index (χ1v) is 9.01. The molecule has 0 unspecified atom stereocenters. The van der Waals surface area contributed by atoms with Gasteiger partial charge in [0, 0.05) is 25.6 Å². The van der Waals surface area contributed by atoms with Gasteiger partial charge >= 0.3 is 0 Å². The number of fused-ring (bicyclic) bond motifs is 1. The van der Waals surface area contributed by atoms with Gasteiger partial charge in [-0.15, -0.1) is 11.3 Å². The van der Waals surface area contributed by atoms with Crippen molar-refractivity contribution in [2.45, 2.75) is 19.6 Å². The van der Waals surface area contributed by atoms with Crippen LogP contribution in [0.15, 0.2) is 17.6 Å². The zero-order valence-electron chi connectivity index (χ0n) is 15.3. The van der Waals surface area contributed by atoms with Crippen molar-refractivity contribution in [2.24, 2.45) is 7.05 Å². The number of nitrogens with one attached hydrogen (secondary N) is 1. The predicted molar refractivity (Wildman–Crippen MR) is 101 cm³/mol. The Morgan fingerprint density at radius 1 is 1.36 bits per heavy atom. The van der Waals surface area contributed by atoms with E-state index < -0.39 is 0 Å². The average molecular weight is 360 g/mol. The van der Waals surface area contributed by atoms with Gasteiger partial charge in [0.15, 0.2) is 11.5 Å². The van der Waals surface area contributed by atoms with Gasteiger partial charge in [-0.25, -0.2) is 9.97 Å². The molecule has 0 radical (unpaired) electrons. The maximum absolute atomic E-state index is 5.20. The van der Waals surface area contributed by atoms with Crippen LogP contribution in [0.1, 0.15) is 22.3 Å². The minimum atomic E-state index is 0.271. The van der Waals surface area contributed by atoms with Crippen LogP contribution in [-0.2, 0) is 18.4 Å². The molecule has 7 nitrogen and oxygen atoms in total. The molecule has 3 aromatic heterocycles. The van der Waals surface area contributed by atoms with Crippen molar-refractivity contribution in [3.8, 4) is 0 Å². The normalized spacial score (nSPS) is 12.9. The van der Waals surface area contributed by atoms with Crippen LogP contribution in [0.2, 0.25) is 0 Å².